The standard InChI is InChI=1S/C12H26N4/c1-10(2)8-12(16-13)9-14-6-5-7-15-11(3)4/h9-11,15H,5-8,13H2,1-4H3. The summed E-state index contributed by atoms with van der Waals surface area (Å²) in [6.07, 6.45) is 3.74. The van der Waals surface area contributed by atoms with E-state index in [1.807, 2.05) is 0 Å². The maximum Gasteiger partial charge on any atom is 0.0780 e. The van der Waals surface area contributed by atoms with Gasteiger partial charge in [-0.2, -0.15) is 5.10 Å². The monoisotopic (exact) mass is 226 g/mol. The van der Waals surface area contributed by atoms with Crippen molar-refractivity contribution >= 4 is 11.9 Å². The van der Waals surface area contributed by atoms with Crippen LogP contribution in [0, 0.1) is 5.92 Å². The quantitative estimate of drug-likeness (QED) is 0.287. The fraction of sp³-hybridized carbons (Fsp3) is 0.833. The number of hydrazone groups is 1. The van der Waals surface area contributed by atoms with Gasteiger partial charge in [-0.15, -0.1) is 0 Å². The summed E-state index contributed by atoms with van der Waals surface area (Å²) in [5, 5.41) is 7.08. The molecule has 94 valence electrons. The molecule has 0 saturated heterocycles. The van der Waals surface area contributed by atoms with Gasteiger partial charge in [0.15, 0.2) is 0 Å². The van der Waals surface area contributed by atoms with E-state index in [1.165, 1.54) is 0 Å². The van der Waals surface area contributed by atoms with Gasteiger partial charge in [0, 0.05) is 18.8 Å². The highest BCUT2D eigenvalue weighted by Gasteiger charge is 1.99. The molecule has 0 aromatic rings. The Labute approximate surface area is 99.4 Å². The molecule has 0 amide bonds. The zero-order valence-corrected chi connectivity index (χ0v) is 11.0. The molecule has 4 nitrogen and oxygen atoms in total. The molecule has 0 bridgehead atoms. The Kier molecular flexibility index (Phi) is 8.81. The second-order valence-corrected chi connectivity index (χ2v) is 4.72. The summed E-state index contributed by atoms with van der Waals surface area (Å²) in [6, 6.07) is 0.547. The van der Waals surface area contributed by atoms with Crippen molar-refractivity contribution in [3.8, 4) is 0 Å². The van der Waals surface area contributed by atoms with Crippen molar-refractivity contribution in [1.82, 2.24) is 5.32 Å². The van der Waals surface area contributed by atoms with E-state index < -0.39 is 0 Å². The summed E-state index contributed by atoms with van der Waals surface area (Å²) in [7, 11) is 0. The molecule has 0 unspecified atom stereocenters. The first-order valence-corrected chi connectivity index (χ1v) is 6.06. The molecule has 0 radical (unpaired) electrons. The Bertz CT molecular complexity index is 219. The van der Waals surface area contributed by atoms with Crippen molar-refractivity contribution < 1.29 is 0 Å². The predicted octanol–water partition coefficient (Wildman–Crippen LogP) is 1.81. The van der Waals surface area contributed by atoms with Crippen LogP contribution in [0.1, 0.15) is 40.5 Å². The van der Waals surface area contributed by atoms with Crippen LogP contribution in [0.4, 0.5) is 0 Å². The number of nitrogens with one attached hydrogen (secondary N) is 1. The first-order valence-electron chi connectivity index (χ1n) is 6.06. The van der Waals surface area contributed by atoms with Crippen LogP contribution in [0.15, 0.2) is 10.1 Å². The summed E-state index contributed by atoms with van der Waals surface area (Å²) < 4.78 is 0. The lowest BCUT2D eigenvalue weighted by molar-refractivity contribution is 0.575. The minimum Gasteiger partial charge on any atom is -0.323 e. The highest BCUT2D eigenvalue weighted by atomic mass is 15.1. The van der Waals surface area contributed by atoms with E-state index in [0.717, 1.165) is 31.6 Å². The van der Waals surface area contributed by atoms with Crippen LogP contribution in [0.2, 0.25) is 0 Å². The van der Waals surface area contributed by atoms with E-state index in [4.69, 9.17) is 5.84 Å². The number of hydrogen-bond donors (Lipinski definition) is 2. The molecule has 0 aliphatic rings. The third kappa shape index (κ3) is 9.65. The Morgan fingerprint density at radius 3 is 2.50 bits per heavy atom. The van der Waals surface area contributed by atoms with E-state index in [-0.39, 0.29) is 0 Å². The SMILES string of the molecule is CC(C)CC(C=NCCCNC(C)C)=NN. The third-order valence-electron chi connectivity index (χ3n) is 2.04. The largest absolute Gasteiger partial charge is 0.323 e. The van der Waals surface area contributed by atoms with Gasteiger partial charge in [0.2, 0.25) is 0 Å². The number of hydrogen-bond acceptors (Lipinski definition) is 4. The minimum atomic E-state index is 0.547. The van der Waals surface area contributed by atoms with Gasteiger partial charge in [-0.1, -0.05) is 27.7 Å². The molecule has 0 heterocycles. The van der Waals surface area contributed by atoms with Crippen molar-refractivity contribution in [3.05, 3.63) is 0 Å². The van der Waals surface area contributed by atoms with Crippen LogP contribution < -0.4 is 11.2 Å². The predicted molar refractivity (Wildman–Crippen MR) is 72.2 cm³/mol. The molecule has 0 aromatic carbocycles. The lowest BCUT2D eigenvalue weighted by Crippen LogP contribution is -2.24. The van der Waals surface area contributed by atoms with Gasteiger partial charge in [-0.3, -0.25) is 4.99 Å². The van der Waals surface area contributed by atoms with Crippen molar-refractivity contribution in [2.45, 2.75) is 46.6 Å². The Balaban J connectivity index is 3.65. The molecule has 4 heteroatoms. The highest BCUT2D eigenvalue weighted by Crippen LogP contribution is 1.99. The Morgan fingerprint density at radius 2 is 2.00 bits per heavy atom. The number of aliphatic imine (C=N–C) groups is 1. The maximum absolute atomic E-state index is 5.29. The van der Waals surface area contributed by atoms with Gasteiger partial charge in [0.25, 0.3) is 0 Å². The Morgan fingerprint density at radius 1 is 1.31 bits per heavy atom. The minimum absolute atomic E-state index is 0.547. The molecule has 0 atom stereocenters. The smallest absolute Gasteiger partial charge is 0.0780 e. The molecule has 16 heavy (non-hydrogen) atoms. The summed E-state index contributed by atoms with van der Waals surface area (Å²) >= 11 is 0. The van der Waals surface area contributed by atoms with Gasteiger partial charge in [-0.25, -0.2) is 0 Å². The van der Waals surface area contributed by atoms with Crippen LogP contribution in [0.5, 0.6) is 0 Å². The maximum atomic E-state index is 5.29. The molecular weight excluding hydrogens is 200 g/mol. The molecule has 0 fully saturated rings. The molecule has 0 spiro atoms. The van der Waals surface area contributed by atoms with Gasteiger partial charge in [-0.05, 0) is 25.3 Å². The lowest BCUT2D eigenvalue weighted by atomic mass is 10.1. The molecule has 0 aliphatic carbocycles. The average Bonchev–Trinajstić information content (AvgIpc) is 2.20. The lowest BCUT2D eigenvalue weighted by Gasteiger charge is -2.06. The zero-order valence-electron chi connectivity index (χ0n) is 11.0. The van der Waals surface area contributed by atoms with Gasteiger partial charge < -0.3 is 11.2 Å². The van der Waals surface area contributed by atoms with E-state index >= 15 is 0 Å². The molecule has 0 aliphatic heterocycles. The average molecular weight is 226 g/mol. The van der Waals surface area contributed by atoms with Crippen LogP contribution in [-0.4, -0.2) is 31.1 Å². The molecular formula is C12H26N4. The molecule has 0 aromatic heterocycles. The fourth-order valence-corrected chi connectivity index (χ4v) is 1.29. The van der Waals surface area contributed by atoms with Crippen LogP contribution in [0.3, 0.4) is 0 Å². The van der Waals surface area contributed by atoms with Gasteiger partial charge in [0.05, 0.1) is 5.71 Å². The highest BCUT2D eigenvalue weighted by molar-refractivity contribution is 6.30. The van der Waals surface area contributed by atoms with Gasteiger partial charge in [0.1, 0.15) is 0 Å². The molecule has 0 rings (SSSR count). The first-order chi connectivity index (χ1) is 7.56. The number of nitrogens with two attached hydrogens (primary N) is 1. The van der Waals surface area contributed by atoms with Crippen LogP contribution in [0.25, 0.3) is 0 Å². The summed E-state index contributed by atoms with van der Waals surface area (Å²) in [5.74, 6) is 5.85. The second-order valence-electron chi connectivity index (χ2n) is 4.72. The van der Waals surface area contributed by atoms with E-state index in [2.05, 4.69) is 43.1 Å². The first kappa shape index (κ1) is 15.1. The topological polar surface area (TPSA) is 62.8 Å². The third-order valence-corrected chi connectivity index (χ3v) is 2.04. The van der Waals surface area contributed by atoms with E-state index in [1.54, 1.807) is 6.21 Å². The summed E-state index contributed by atoms with van der Waals surface area (Å²) in [5.41, 5.74) is 0.881. The summed E-state index contributed by atoms with van der Waals surface area (Å²) in [4.78, 5) is 4.32. The summed E-state index contributed by atoms with van der Waals surface area (Å²) in [6.45, 7) is 10.4. The molecule has 0 saturated carbocycles. The van der Waals surface area contributed by atoms with E-state index in [9.17, 15) is 0 Å². The van der Waals surface area contributed by atoms with Crippen LogP contribution in [-0.2, 0) is 0 Å². The van der Waals surface area contributed by atoms with E-state index in [0.29, 0.717) is 12.0 Å². The van der Waals surface area contributed by atoms with Gasteiger partial charge >= 0.3 is 0 Å². The van der Waals surface area contributed by atoms with Crippen molar-refractivity contribution in [1.29, 1.82) is 0 Å². The van der Waals surface area contributed by atoms with Crippen molar-refractivity contribution in [2.24, 2.45) is 21.9 Å². The number of rotatable bonds is 8. The normalized spacial score (nSPS) is 13.2. The second kappa shape index (κ2) is 9.33. The van der Waals surface area contributed by atoms with Crippen molar-refractivity contribution in [3.63, 3.8) is 0 Å². The van der Waals surface area contributed by atoms with Crippen molar-refractivity contribution in [2.75, 3.05) is 13.1 Å². The Hall–Kier alpha value is -0.900. The van der Waals surface area contributed by atoms with Crippen LogP contribution >= 0.6 is 0 Å². The zero-order chi connectivity index (χ0) is 12.4. The number of nitrogens with zero attached hydrogens (tertiary/aromatic N) is 2. The molecule has 3 N–H and O–H groups in total. The fourth-order valence-electron chi connectivity index (χ4n) is 1.29.